The highest BCUT2D eigenvalue weighted by molar-refractivity contribution is 6.33. The Morgan fingerprint density at radius 3 is 2.30 bits per heavy atom. The molecule has 5 heteroatoms. The maximum absolute atomic E-state index is 14.6. The third-order valence-electron chi connectivity index (χ3n) is 4.92. The van der Waals surface area contributed by atoms with Crippen molar-refractivity contribution >= 4 is 17.5 Å². The number of halogens is 3. The lowest BCUT2D eigenvalue weighted by Crippen LogP contribution is -2.41. The SMILES string of the molecule is O=C(c1c(F)cccc1Cl)N1CCc2ccccc2C1c1ccccc1F. The summed E-state index contributed by atoms with van der Waals surface area (Å²) in [4.78, 5) is 14.7. The van der Waals surface area contributed by atoms with Crippen molar-refractivity contribution in [3.05, 3.63) is 106 Å². The Balaban J connectivity index is 1.87. The van der Waals surface area contributed by atoms with E-state index in [2.05, 4.69) is 0 Å². The Hall–Kier alpha value is -2.72. The van der Waals surface area contributed by atoms with Gasteiger partial charge in [0.1, 0.15) is 11.6 Å². The zero-order valence-electron chi connectivity index (χ0n) is 14.3. The second kappa shape index (κ2) is 7.12. The second-order valence-corrected chi connectivity index (χ2v) is 6.88. The van der Waals surface area contributed by atoms with Crippen LogP contribution in [0.1, 0.15) is 33.1 Å². The summed E-state index contributed by atoms with van der Waals surface area (Å²) in [7, 11) is 0. The smallest absolute Gasteiger partial charge is 0.259 e. The molecule has 136 valence electrons. The van der Waals surface area contributed by atoms with Gasteiger partial charge in [-0.1, -0.05) is 60.1 Å². The molecule has 4 rings (SSSR count). The minimum absolute atomic E-state index is 0.0474. The van der Waals surface area contributed by atoms with E-state index in [-0.39, 0.29) is 10.6 Å². The molecule has 1 aliphatic rings. The van der Waals surface area contributed by atoms with Crippen LogP contribution in [0, 0.1) is 11.6 Å². The molecule has 1 aliphatic heterocycles. The summed E-state index contributed by atoms with van der Waals surface area (Å²) in [6.45, 7) is 0.347. The fourth-order valence-electron chi connectivity index (χ4n) is 3.66. The highest BCUT2D eigenvalue weighted by Crippen LogP contribution is 2.38. The minimum Gasteiger partial charge on any atom is -0.327 e. The molecule has 3 aromatic rings. The van der Waals surface area contributed by atoms with Crippen molar-refractivity contribution in [2.45, 2.75) is 12.5 Å². The molecule has 3 aromatic carbocycles. The molecule has 1 atom stereocenters. The first kappa shape index (κ1) is 17.7. The van der Waals surface area contributed by atoms with Crippen LogP contribution in [0.25, 0.3) is 0 Å². The van der Waals surface area contributed by atoms with E-state index >= 15 is 0 Å². The van der Waals surface area contributed by atoms with Gasteiger partial charge in [0.15, 0.2) is 0 Å². The average molecular weight is 384 g/mol. The fourth-order valence-corrected chi connectivity index (χ4v) is 3.91. The van der Waals surface area contributed by atoms with Gasteiger partial charge in [-0.2, -0.15) is 0 Å². The van der Waals surface area contributed by atoms with E-state index in [1.54, 1.807) is 18.2 Å². The number of rotatable bonds is 2. The number of carbonyl (C=O) groups excluding carboxylic acids is 1. The third kappa shape index (κ3) is 3.10. The largest absolute Gasteiger partial charge is 0.327 e. The zero-order chi connectivity index (χ0) is 19.0. The van der Waals surface area contributed by atoms with Crippen molar-refractivity contribution < 1.29 is 13.6 Å². The Bertz CT molecular complexity index is 1000. The number of amides is 1. The van der Waals surface area contributed by atoms with Crippen LogP contribution in [0.4, 0.5) is 8.78 Å². The third-order valence-corrected chi connectivity index (χ3v) is 5.24. The summed E-state index contributed by atoms with van der Waals surface area (Å²) in [6.07, 6.45) is 0.610. The lowest BCUT2D eigenvalue weighted by molar-refractivity contribution is 0.0687. The predicted octanol–water partition coefficient (Wildman–Crippen LogP) is 5.41. The molecule has 27 heavy (non-hydrogen) atoms. The molecule has 1 unspecified atom stereocenters. The summed E-state index contributed by atoms with van der Waals surface area (Å²) in [5.41, 5.74) is 2.09. The number of nitrogens with zero attached hydrogens (tertiary/aromatic N) is 1. The molecule has 0 bridgehead atoms. The summed E-state index contributed by atoms with van der Waals surface area (Å²) in [5, 5.41) is 0.0474. The Morgan fingerprint density at radius 2 is 1.56 bits per heavy atom. The topological polar surface area (TPSA) is 20.3 Å². The standard InChI is InChI=1S/C22H16ClF2NO/c23-17-9-5-11-19(25)20(17)22(27)26-13-12-14-6-1-2-7-15(14)21(26)16-8-3-4-10-18(16)24/h1-11,21H,12-13H2. The maximum Gasteiger partial charge on any atom is 0.259 e. The first-order valence-corrected chi connectivity index (χ1v) is 9.03. The number of hydrogen-bond donors (Lipinski definition) is 0. The van der Waals surface area contributed by atoms with Gasteiger partial charge < -0.3 is 4.90 Å². The van der Waals surface area contributed by atoms with Gasteiger partial charge in [0.25, 0.3) is 5.91 Å². The quantitative estimate of drug-likeness (QED) is 0.579. The number of carbonyl (C=O) groups is 1. The van der Waals surface area contributed by atoms with Crippen molar-refractivity contribution in [1.82, 2.24) is 4.90 Å². The Morgan fingerprint density at radius 1 is 0.889 bits per heavy atom. The number of hydrogen-bond acceptors (Lipinski definition) is 1. The molecule has 0 saturated heterocycles. The normalized spacial score (nSPS) is 16.1. The van der Waals surface area contributed by atoms with Crippen LogP contribution in [0.5, 0.6) is 0 Å². The molecule has 0 fully saturated rings. The molecule has 0 saturated carbocycles. The minimum atomic E-state index is -0.682. The average Bonchev–Trinajstić information content (AvgIpc) is 2.67. The van der Waals surface area contributed by atoms with Gasteiger partial charge in [-0.25, -0.2) is 8.78 Å². The summed E-state index contributed by atoms with van der Waals surface area (Å²) in [6, 6.07) is 17.5. The Labute approximate surface area is 161 Å². The van der Waals surface area contributed by atoms with E-state index in [9.17, 15) is 13.6 Å². The molecule has 2 nitrogen and oxygen atoms in total. The molecular weight excluding hydrogens is 368 g/mol. The molecule has 0 spiro atoms. The van der Waals surface area contributed by atoms with Gasteiger partial charge in [-0.05, 0) is 35.7 Å². The van der Waals surface area contributed by atoms with Crippen molar-refractivity contribution in [3.63, 3.8) is 0 Å². The van der Waals surface area contributed by atoms with Gasteiger partial charge in [-0.3, -0.25) is 4.79 Å². The lowest BCUT2D eigenvalue weighted by Gasteiger charge is -2.38. The van der Waals surface area contributed by atoms with E-state index in [0.717, 1.165) is 11.1 Å². The molecule has 1 heterocycles. The second-order valence-electron chi connectivity index (χ2n) is 6.47. The maximum atomic E-state index is 14.6. The van der Waals surface area contributed by atoms with Crippen molar-refractivity contribution in [2.75, 3.05) is 6.54 Å². The Kier molecular flexibility index (Phi) is 4.66. The van der Waals surface area contributed by atoms with E-state index < -0.39 is 23.6 Å². The van der Waals surface area contributed by atoms with Crippen LogP contribution in [0.3, 0.4) is 0 Å². The molecule has 1 amide bonds. The van der Waals surface area contributed by atoms with Gasteiger partial charge in [-0.15, -0.1) is 0 Å². The van der Waals surface area contributed by atoms with Crippen molar-refractivity contribution in [3.8, 4) is 0 Å². The van der Waals surface area contributed by atoms with E-state index in [0.29, 0.717) is 18.5 Å². The fraction of sp³-hybridized carbons (Fsp3) is 0.136. The summed E-state index contributed by atoms with van der Waals surface area (Å²) in [5.74, 6) is -1.63. The molecular formula is C22H16ClF2NO. The van der Waals surface area contributed by atoms with Crippen LogP contribution in [-0.4, -0.2) is 17.4 Å². The van der Waals surface area contributed by atoms with Gasteiger partial charge in [0.2, 0.25) is 0 Å². The van der Waals surface area contributed by atoms with E-state index in [4.69, 9.17) is 11.6 Å². The number of benzene rings is 3. The first-order chi connectivity index (χ1) is 13.1. The molecule has 0 aliphatic carbocycles. The summed E-state index contributed by atoms with van der Waals surface area (Å²) < 4.78 is 29.0. The highest BCUT2D eigenvalue weighted by Gasteiger charge is 2.35. The van der Waals surface area contributed by atoms with E-state index in [1.807, 2.05) is 24.3 Å². The van der Waals surface area contributed by atoms with Gasteiger partial charge in [0.05, 0.1) is 16.6 Å². The van der Waals surface area contributed by atoms with Crippen LogP contribution < -0.4 is 0 Å². The van der Waals surface area contributed by atoms with Gasteiger partial charge >= 0.3 is 0 Å². The predicted molar refractivity (Wildman–Crippen MR) is 101 cm³/mol. The van der Waals surface area contributed by atoms with Crippen molar-refractivity contribution in [1.29, 1.82) is 0 Å². The first-order valence-electron chi connectivity index (χ1n) is 8.65. The molecule has 0 N–H and O–H groups in total. The lowest BCUT2D eigenvalue weighted by atomic mass is 9.87. The highest BCUT2D eigenvalue weighted by atomic mass is 35.5. The monoisotopic (exact) mass is 383 g/mol. The zero-order valence-corrected chi connectivity index (χ0v) is 15.1. The number of fused-ring (bicyclic) bond motifs is 1. The van der Waals surface area contributed by atoms with Crippen LogP contribution >= 0.6 is 11.6 Å². The van der Waals surface area contributed by atoms with Crippen LogP contribution in [0.15, 0.2) is 66.7 Å². The van der Waals surface area contributed by atoms with Crippen LogP contribution in [0.2, 0.25) is 5.02 Å². The van der Waals surface area contributed by atoms with Crippen molar-refractivity contribution in [2.24, 2.45) is 0 Å². The van der Waals surface area contributed by atoms with Gasteiger partial charge in [0, 0.05) is 12.1 Å². The molecule has 0 radical (unpaired) electrons. The van der Waals surface area contributed by atoms with E-state index in [1.165, 1.54) is 29.2 Å². The van der Waals surface area contributed by atoms with Crippen LogP contribution in [-0.2, 0) is 6.42 Å². The molecule has 0 aromatic heterocycles. The summed E-state index contributed by atoms with van der Waals surface area (Å²) >= 11 is 6.11.